The molecule has 2 aromatic carbocycles. The molecular weight excluding hydrogens is 420 g/mol. The quantitative estimate of drug-likeness (QED) is 0.646. The van der Waals surface area contributed by atoms with E-state index < -0.39 is 9.84 Å². The van der Waals surface area contributed by atoms with Crippen molar-refractivity contribution >= 4 is 39.1 Å². The second kappa shape index (κ2) is 9.66. The molecule has 0 saturated carbocycles. The molecule has 0 spiro atoms. The number of benzene rings is 2. The smallest absolute Gasteiger partial charge is 0.237 e. The lowest BCUT2D eigenvalue weighted by atomic mass is 10.0. The van der Waals surface area contributed by atoms with Gasteiger partial charge in [0.15, 0.2) is 9.84 Å². The summed E-state index contributed by atoms with van der Waals surface area (Å²) in [4.78, 5) is 25.2. The molecule has 160 valence electrons. The van der Waals surface area contributed by atoms with Gasteiger partial charge in [-0.1, -0.05) is 44.2 Å². The summed E-state index contributed by atoms with van der Waals surface area (Å²) in [6, 6.07) is 14.6. The van der Waals surface area contributed by atoms with E-state index in [0.29, 0.717) is 18.7 Å². The summed E-state index contributed by atoms with van der Waals surface area (Å²) in [5.41, 5.74) is 1.63. The Kier molecular flexibility index (Phi) is 7.20. The summed E-state index contributed by atoms with van der Waals surface area (Å²) in [7, 11) is -3.64. The second-order valence-electron chi connectivity index (χ2n) is 7.35. The molecule has 0 fully saturated rings. The minimum atomic E-state index is -3.64. The van der Waals surface area contributed by atoms with Crippen molar-refractivity contribution in [3.63, 3.8) is 0 Å². The van der Waals surface area contributed by atoms with Gasteiger partial charge in [-0.05, 0) is 36.1 Å². The normalized spacial score (nSPS) is 17.0. The number of sulfone groups is 1. The maximum atomic E-state index is 12.7. The van der Waals surface area contributed by atoms with Crippen LogP contribution in [0.4, 0.5) is 5.69 Å². The predicted molar refractivity (Wildman–Crippen MR) is 120 cm³/mol. The number of carbonyl (C=O) groups is 2. The van der Waals surface area contributed by atoms with Gasteiger partial charge in [-0.25, -0.2) is 8.42 Å². The van der Waals surface area contributed by atoms with Gasteiger partial charge in [0, 0.05) is 17.9 Å². The van der Waals surface area contributed by atoms with Crippen molar-refractivity contribution in [2.24, 2.45) is 0 Å². The van der Waals surface area contributed by atoms with Gasteiger partial charge in [-0.3, -0.25) is 9.59 Å². The molecule has 30 heavy (non-hydrogen) atoms. The molecule has 0 radical (unpaired) electrons. The SMILES string of the molecule is CC[C@H]1Sc2ccc(S(=O)(=O)CCC(=O)NC[C@@H](C)c3ccccc3)cc2NC1=O. The fraction of sp³-hybridized carbons (Fsp3) is 0.364. The van der Waals surface area contributed by atoms with E-state index in [1.807, 2.05) is 44.2 Å². The van der Waals surface area contributed by atoms with Crippen molar-refractivity contribution in [3.8, 4) is 0 Å². The molecular formula is C22H26N2O4S2. The van der Waals surface area contributed by atoms with Crippen LogP contribution < -0.4 is 10.6 Å². The first kappa shape index (κ1) is 22.4. The Hall–Kier alpha value is -2.32. The van der Waals surface area contributed by atoms with Crippen molar-refractivity contribution in [1.29, 1.82) is 0 Å². The van der Waals surface area contributed by atoms with Gasteiger partial charge < -0.3 is 10.6 Å². The van der Waals surface area contributed by atoms with Crippen LogP contribution in [0.1, 0.15) is 38.2 Å². The van der Waals surface area contributed by atoms with Crippen LogP contribution in [-0.4, -0.2) is 37.8 Å². The van der Waals surface area contributed by atoms with E-state index in [9.17, 15) is 18.0 Å². The van der Waals surface area contributed by atoms with E-state index in [-0.39, 0.29) is 40.1 Å². The lowest BCUT2D eigenvalue weighted by Crippen LogP contribution is -2.29. The third-order valence-corrected chi connectivity index (χ3v) is 8.23. The van der Waals surface area contributed by atoms with Crippen LogP contribution in [0, 0.1) is 0 Å². The summed E-state index contributed by atoms with van der Waals surface area (Å²) < 4.78 is 25.4. The zero-order chi connectivity index (χ0) is 21.7. The summed E-state index contributed by atoms with van der Waals surface area (Å²) in [5.74, 6) is -0.554. The minimum absolute atomic E-state index is 0.111. The largest absolute Gasteiger partial charge is 0.355 e. The average molecular weight is 447 g/mol. The summed E-state index contributed by atoms with van der Waals surface area (Å²) in [5, 5.41) is 5.43. The number of fused-ring (bicyclic) bond motifs is 1. The monoisotopic (exact) mass is 446 g/mol. The topological polar surface area (TPSA) is 92.3 Å². The van der Waals surface area contributed by atoms with Gasteiger partial charge in [0.25, 0.3) is 0 Å². The van der Waals surface area contributed by atoms with Crippen molar-refractivity contribution in [1.82, 2.24) is 5.32 Å². The molecule has 2 amide bonds. The second-order valence-corrected chi connectivity index (χ2v) is 10.7. The molecule has 8 heteroatoms. The van der Waals surface area contributed by atoms with E-state index >= 15 is 0 Å². The third-order valence-electron chi connectivity index (χ3n) is 5.07. The molecule has 0 bridgehead atoms. The molecule has 1 heterocycles. The predicted octanol–water partition coefficient (Wildman–Crippen LogP) is 3.59. The molecule has 0 unspecified atom stereocenters. The average Bonchev–Trinajstić information content (AvgIpc) is 2.75. The van der Waals surface area contributed by atoms with Crippen molar-refractivity contribution in [2.45, 2.75) is 47.6 Å². The number of hydrogen-bond donors (Lipinski definition) is 2. The number of rotatable bonds is 8. The lowest BCUT2D eigenvalue weighted by molar-refractivity contribution is -0.120. The zero-order valence-corrected chi connectivity index (χ0v) is 18.7. The maximum Gasteiger partial charge on any atom is 0.237 e. The standard InChI is InChI=1S/C22H26N2O4S2/c1-3-19-22(26)24-18-13-17(9-10-20(18)29-19)30(27,28)12-11-21(25)23-14-15(2)16-7-5-4-6-8-16/h4-10,13,15,19H,3,11-12,14H2,1-2H3,(H,23,25)(H,24,26)/t15-,19-/m1/s1. The molecule has 2 atom stereocenters. The first-order valence-corrected chi connectivity index (χ1v) is 12.5. The summed E-state index contributed by atoms with van der Waals surface area (Å²) in [6.07, 6.45) is 0.591. The van der Waals surface area contributed by atoms with Crippen molar-refractivity contribution in [3.05, 3.63) is 54.1 Å². The Morgan fingerprint density at radius 1 is 1.20 bits per heavy atom. The molecule has 0 saturated heterocycles. The summed E-state index contributed by atoms with van der Waals surface area (Å²) in [6.45, 7) is 4.39. The summed E-state index contributed by atoms with van der Waals surface area (Å²) >= 11 is 1.44. The van der Waals surface area contributed by atoms with Gasteiger partial charge in [-0.15, -0.1) is 11.8 Å². The van der Waals surface area contributed by atoms with Crippen LogP contribution in [0.15, 0.2) is 58.3 Å². The van der Waals surface area contributed by atoms with Gasteiger partial charge in [-0.2, -0.15) is 0 Å². The number of anilines is 1. The van der Waals surface area contributed by atoms with E-state index in [1.54, 1.807) is 12.1 Å². The highest BCUT2D eigenvalue weighted by atomic mass is 32.2. The van der Waals surface area contributed by atoms with E-state index in [0.717, 1.165) is 10.5 Å². The molecule has 0 aliphatic carbocycles. The van der Waals surface area contributed by atoms with E-state index in [4.69, 9.17) is 0 Å². The van der Waals surface area contributed by atoms with Crippen LogP contribution in [0.3, 0.4) is 0 Å². The van der Waals surface area contributed by atoms with Crippen molar-refractivity contribution < 1.29 is 18.0 Å². The van der Waals surface area contributed by atoms with Gasteiger partial charge >= 0.3 is 0 Å². The van der Waals surface area contributed by atoms with Crippen LogP contribution in [-0.2, 0) is 19.4 Å². The number of hydrogen-bond acceptors (Lipinski definition) is 5. The molecule has 2 N–H and O–H groups in total. The highest BCUT2D eigenvalue weighted by Crippen LogP contribution is 2.38. The molecule has 1 aliphatic heterocycles. The molecule has 1 aliphatic rings. The number of nitrogens with one attached hydrogen (secondary N) is 2. The Bertz CT molecular complexity index is 1020. The first-order valence-electron chi connectivity index (χ1n) is 9.96. The Labute approximate surface area is 181 Å². The van der Waals surface area contributed by atoms with E-state index in [1.165, 1.54) is 17.8 Å². The zero-order valence-electron chi connectivity index (χ0n) is 17.1. The first-order chi connectivity index (χ1) is 14.3. The Morgan fingerprint density at radius 2 is 1.93 bits per heavy atom. The molecule has 2 aromatic rings. The Balaban J connectivity index is 1.57. The van der Waals surface area contributed by atoms with Gasteiger partial charge in [0.1, 0.15) is 0 Å². The third kappa shape index (κ3) is 5.43. The minimum Gasteiger partial charge on any atom is -0.355 e. The van der Waals surface area contributed by atoms with Gasteiger partial charge in [0.05, 0.1) is 21.6 Å². The van der Waals surface area contributed by atoms with Crippen LogP contribution >= 0.6 is 11.8 Å². The Morgan fingerprint density at radius 3 is 2.63 bits per heavy atom. The molecule has 3 rings (SSSR count). The fourth-order valence-electron chi connectivity index (χ4n) is 3.19. The number of carbonyl (C=O) groups excluding carboxylic acids is 2. The van der Waals surface area contributed by atoms with Crippen LogP contribution in [0.2, 0.25) is 0 Å². The van der Waals surface area contributed by atoms with Crippen LogP contribution in [0.5, 0.6) is 0 Å². The van der Waals surface area contributed by atoms with Crippen LogP contribution in [0.25, 0.3) is 0 Å². The number of thioether (sulfide) groups is 1. The van der Waals surface area contributed by atoms with Crippen molar-refractivity contribution in [2.75, 3.05) is 17.6 Å². The molecule has 6 nitrogen and oxygen atoms in total. The number of amides is 2. The van der Waals surface area contributed by atoms with E-state index in [2.05, 4.69) is 10.6 Å². The molecule has 0 aromatic heterocycles. The lowest BCUT2D eigenvalue weighted by Gasteiger charge is -2.23. The van der Waals surface area contributed by atoms with Gasteiger partial charge in [0.2, 0.25) is 11.8 Å². The maximum absolute atomic E-state index is 12.7. The fourth-order valence-corrected chi connectivity index (χ4v) is 5.48. The highest BCUT2D eigenvalue weighted by molar-refractivity contribution is 8.01. The highest BCUT2D eigenvalue weighted by Gasteiger charge is 2.27.